The lowest BCUT2D eigenvalue weighted by molar-refractivity contribution is 0.797. The molecule has 2 aromatic rings. The lowest BCUT2D eigenvalue weighted by atomic mass is 10.3. The maximum Gasteiger partial charge on any atom is 0.137 e. The third kappa shape index (κ3) is 2.06. The normalized spacial score (nSPS) is 10.5. The van der Waals surface area contributed by atoms with E-state index in [1.165, 1.54) is 0 Å². The molecule has 0 amide bonds. The molecule has 0 unspecified atom stereocenters. The van der Waals surface area contributed by atoms with Crippen LogP contribution in [0.15, 0.2) is 30.6 Å². The van der Waals surface area contributed by atoms with Crippen molar-refractivity contribution in [3.8, 4) is 5.82 Å². The van der Waals surface area contributed by atoms with Gasteiger partial charge in [0.2, 0.25) is 0 Å². The van der Waals surface area contributed by atoms with Crippen LogP contribution >= 0.6 is 0 Å². The van der Waals surface area contributed by atoms with Crippen molar-refractivity contribution in [2.75, 3.05) is 0 Å². The van der Waals surface area contributed by atoms with E-state index in [1.807, 2.05) is 31.3 Å². The molecule has 0 saturated heterocycles. The van der Waals surface area contributed by atoms with Crippen LogP contribution in [0, 0.1) is 6.92 Å². The van der Waals surface area contributed by atoms with Gasteiger partial charge >= 0.3 is 0 Å². The molecule has 0 aliphatic heterocycles. The zero-order valence-electron chi connectivity index (χ0n) is 9.14. The van der Waals surface area contributed by atoms with Gasteiger partial charge in [-0.2, -0.15) is 0 Å². The predicted molar refractivity (Wildman–Crippen MR) is 60.1 cm³/mol. The Morgan fingerprint density at radius 1 is 1.33 bits per heavy atom. The Morgan fingerprint density at radius 3 is 2.87 bits per heavy atom. The Kier molecular flexibility index (Phi) is 2.81. The van der Waals surface area contributed by atoms with E-state index in [1.54, 1.807) is 6.20 Å². The first-order chi connectivity index (χ1) is 7.31. The summed E-state index contributed by atoms with van der Waals surface area (Å²) in [7, 11) is 0. The third-order valence-electron chi connectivity index (χ3n) is 2.27. The molecule has 0 bridgehead atoms. The fraction of sp³-hybridized carbons (Fsp3) is 0.333. The van der Waals surface area contributed by atoms with Crippen molar-refractivity contribution in [3.05, 3.63) is 42.1 Å². The zero-order chi connectivity index (χ0) is 10.7. The third-order valence-corrected chi connectivity index (χ3v) is 2.27. The largest absolute Gasteiger partial charge is 0.288 e. The van der Waals surface area contributed by atoms with Crippen LogP contribution < -0.4 is 0 Å². The Bertz CT molecular complexity index is 431. The van der Waals surface area contributed by atoms with Crippen LogP contribution in [0.5, 0.6) is 0 Å². The molecule has 0 fully saturated rings. The van der Waals surface area contributed by atoms with Crippen molar-refractivity contribution >= 4 is 0 Å². The lowest BCUT2D eigenvalue weighted by Crippen LogP contribution is -2.01. The van der Waals surface area contributed by atoms with Crippen LogP contribution in [0.25, 0.3) is 5.82 Å². The summed E-state index contributed by atoms with van der Waals surface area (Å²) in [5, 5.41) is 0. The first-order valence-electron chi connectivity index (χ1n) is 5.27. The van der Waals surface area contributed by atoms with E-state index in [0.717, 1.165) is 30.2 Å². The molecule has 0 radical (unpaired) electrons. The molecule has 2 aromatic heterocycles. The van der Waals surface area contributed by atoms with E-state index in [2.05, 4.69) is 21.5 Å². The second kappa shape index (κ2) is 4.26. The molecule has 3 nitrogen and oxygen atoms in total. The molecule has 0 aromatic carbocycles. The number of hydrogen-bond donors (Lipinski definition) is 0. The minimum atomic E-state index is 0.946. The fourth-order valence-corrected chi connectivity index (χ4v) is 1.64. The molecule has 0 saturated carbocycles. The van der Waals surface area contributed by atoms with Crippen molar-refractivity contribution in [3.63, 3.8) is 0 Å². The summed E-state index contributed by atoms with van der Waals surface area (Å²) in [6.07, 6.45) is 5.93. The summed E-state index contributed by atoms with van der Waals surface area (Å²) in [6, 6.07) is 5.92. The predicted octanol–water partition coefficient (Wildman–Crippen LogP) is 2.53. The maximum atomic E-state index is 4.50. The van der Waals surface area contributed by atoms with E-state index in [0.29, 0.717) is 0 Å². The zero-order valence-corrected chi connectivity index (χ0v) is 9.14. The molecular weight excluding hydrogens is 186 g/mol. The summed E-state index contributed by atoms with van der Waals surface area (Å²) >= 11 is 0. The molecule has 2 heterocycles. The van der Waals surface area contributed by atoms with Gasteiger partial charge in [-0.25, -0.2) is 9.97 Å². The monoisotopic (exact) mass is 201 g/mol. The Labute approximate surface area is 89.8 Å². The first-order valence-corrected chi connectivity index (χ1v) is 5.27. The molecular formula is C12H15N3. The highest BCUT2D eigenvalue weighted by molar-refractivity contribution is 5.25. The SMILES string of the molecule is CCCc1nc(C)cn1-c1ccccn1. The molecule has 78 valence electrons. The molecule has 0 atom stereocenters. The maximum absolute atomic E-state index is 4.50. The Balaban J connectivity index is 2.43. The van der Waals surface area contributed by atoms with E-state index >= 15 is 0 Å². The van der Waals surface area contributed by atoms with Gasteiger partial charge in [-0.15, -0.1) is 0 Å². The quantitative estimate of drug-likeness (QED) is 0.764. The summed E-state index contributed by atoms with van der Waals surface area (Å²) in [6.45, 7) is 4.17. The first kappa shape index (κ1) is 9.90. The van der Waals surface area contributed by atoms with Gasteiger partial charge in [0.1, 0.15) is 11.6 Å². The van der Waals surface area contributed by atoms with Crippen LogP contribution in [0.3, 0.4) is 0 Å². The van der Waals surface area contributed by atoms with Gasteiger partial charge in [-0.05, 0) is 25.5 Å². The average Bonchev–Trinajstić information content (AvgIpc) is 2.62. The lowest BCUT2D eigenvalue weighted by Gasteiger charge is -2.04. The van der Waals surface area contributed by atoms with Crippen molar-refractivity contribution in [2.45, 2.75) is 26.7 Å². The average molecular weight is 201 g/mol. The Hall–Kier alpha value is -1.64. The van der Waals surface area contributed by atoms with Crippen LogP contribution in [0.4, 0.5) is 0 Å². The van der Waals surface area contributed by atoms with E-state index in [4.69, 9.17) is 0 Å². The second-order valence-corrected chi connectivity index (χ2v) is 3.61. The van der Waals surface area contributed by atoms with Gasteiger partial charge in [-0.1, -0.05) is 13.0 Å². The van der Waals surface area contributed by atoms with Gasteiger partial charge < -0.3 is 0 Å². The van der Waals surface area contributed by atoms with Crippen LogP contribution in [0.2, 0.25) is 0 Å². The summed E-state index contributed by atoms with van der Waals surface area (Å²) in [5.74, 6) is 2.04. The highest BCUT2D eigenvalue weighted by Crippen LogP contribution is 2.11. The van der Waals surface area contributed by atoms with Crippen LogP contribution in [0.1, 0.15) is 24.9 Å². The number of pyridine rings is 1. The number of rotatable bonds is 3. The summed E-state index contributed by atoms with van der Waals surface area (Å²) in [4.78, 5) is 8.83. The molecule has 0 aliphatic rings. The highest BCUT2D eigenvalue weighted by Gasteiger charge is 2.06. The number of hydrogen-bond acceptors (Lipinski definition) is 2. The molecule has 0 spiro atoms. The van der Waals surface area contributed by atoms with Crippen molar-refractivity contribution < 1.29 is 0 Å². The van der Waals surface area contributed by atoms with E-state index in [-0.39, 0.29) is 0 Å². The topological polar surface area (TPSA) is 30.7 Å². The van der Waals surface area contributed by atoms with Crippen molar-refractivity contribution in [1.29, 1.82) is 0 Å². The van der Waals surface area contributed by atoms with E-state index < -0.39 is 0 Å². The minimum Gasteiger partial charge on any atom is -0.288 e. The van der Waals surface area contributed by atoms with Crippen molar-refractivity contribution in [1.82, 2.24) is 14.5 Å². The van der Waals surface area contributed by atoms with Crippen LogP contribution in [-0.4, -0.2) is 14.5 Å². The number of imidazole rings is 1. The smallest absolute Gasteiger partial charge is 0.137 e. The molecule has 15 heavy (non-hydrogen) atoms. The van der Waals surface area contributed by atoms with Gasteiger partial charge in [0.25, 0.3) is 0 Å². The summed E-state index contributed by atoms with van der Waals surface area (Å²) in [5.41, 5.74) is 1.05. The standard InChI is InChI=1S/C12H15N3/c1-3-6-12-14-10(2)9-15(12)11-7-4-5-8-13-11/h4-5,7-9H,3,6H2,1-2H3. The second-order valence-electron chi connectivity index (χ2n) is 3.61. The van der Waals surface area contributed by atoms with Gasteiger partial charge in [-0.3, -0.25) is 4.57 Å². The van der Waals surface area contributed by atoms with Gasteiger partial charge in [0.15, 0.2) is 0 Å². The minimum absolute atomic E-state index is 0.946. The highest BCUT2D eigenvalue weighted by atomic mass is 15.1. The molecule has 3 heteroatoms. The molecule has 0 N–H and O–H groups in total. The van der Waals surface area contributed by atoms with Crippen molar-refractivity contribution in [2.24, 2.45) is 0 Å². The fourth-order valence-electron chi connectivity index (χ4n) is 1.64. The number of aromatic nitrogens is 3. The van der Waals surface area contributed by atoms with Gasteiger partial charge in [0.05, 0.1) is 5.69 Å². The molecule has 2 rings (SSSR count). The van der Waals surface area contributed by atoms with E-state index in [9.17, 15) is 0 Å². The van der Waals surface area contributed by atoms with Gasteiger partial charge in [0, 0.05) is 18.8 Å². The summed E-state index contributed by atoms with van der Waals surface area (Å²) < 4.78 is 2.07. The number of nitrogens with zero attached hydrogens (tertiary/aromatic N) is 3. The Morgan fingerprint density at radius 2 is 2.20 bits per heavy atom. The number of aryl methyl sites for hydroxylation is 2. The molecule has 0 aliphatic carbocycles. The van der Waals surface area contributed by atoms with Crippen LogP contribution in [-0.2, 0) is 6.42 Å².